The molecule has 63 heavy (non-hydrogen) atoms. The van der Waals surface area contributed by atoms with Crippen LogP contribution < -0.4 is 0 Å². The van der Waals surface area contributed by atoms with Gasteiger partial charge in [-0.1, -0.05) is 194 Å². The van der Waals surface area contributed by atoms with Gasteiger partial charge in [-0.05, 0) is 97.1 Å². The number of hydrogen-bond acceptors (Lipinski definition) is 1. The van der Waals surface area contributed by atoms with Crippen LogP contribution in [0.5, 0.6) is 0 Å². The smallest absolute Gasteiger partial charge is 0.143 e. The fourth-order valence-corrected chi connectivity index (χ4v) is 11.6. The molecule has 0 aliphatic heterocycles. The summed E-state index contributed by atoms with van der Waals surface area (Å²) in [4.78, 5) is 0. The summed E-state index contributed by atoms with van der Waals surface area (Å²) in [5.74, 6) is 0. The second kappa shape index (κ2) is 12.9. The number of aromatic nitrogens is 1. The van der Waals surface area contributed by atoms with Crippen molar-refractivity contribution in [2.75, 3.05) is 0 Å². The van der Waals surface area contributed by atoms with Crippen molar-refractivity contribution in [2.24, 2.45) is 0 Å². The highest BCUT2D eigenvalue weighted by Gasteiger charge is 2.49. The van der Waals surface area contributed by atoms with Gasteiger partial charge in [0.05, 0.1) is 22.1 Å². The van der Waals surface area contributed by atoms with Gasteiger partial charge >= 0.3 is 0 Å². The van der Waals surface area contributed by atoms with Crippen molar-refractivity contribution < 1.29 is 4.42 Å². The zero-order chi connectivity index (χ0) is 41.2. The predicted octanol–water partition coefficient (Wildman–Crippen LogP) is 16.0. The monoisotopic (exact) mass is 799 g/mol. The van der Waals surface area contributed by atoms with Gasteiger partial charge < -0.3 is 8.98 Å². The van der Waals surface area contributed by atoms with E-state index in [1.807, 2.05) is 6.07 Å². The van der Waals surface area contributed by atoms with Gasteiger partial charge in [0.2, 0.25) is 0 Å². The molecule has 10 aromatic carbocycles. The molecular formula is C61H37NO. The Balaban J connectivity index is 1.09. The number of rotatable bonds is 2. The van der Waals surface area contributed by atoms with Gasteiger partial charge in [0.25, 0.3) is 0 Å². The number of hydrogen-bond donors (Lipinski definition) is 0. The molecule has 0 N–H and O–H groups in total. The van der Waals surface area contributed by atoms with E-state index in [1.54, 1.807) is 0 Å². The minimum atomic E-state index is -0.572. The van der Waals surface area contributed by atoms with Crippen LogP contribution in [0.15, 0.2) is 229 Å². The van der Waals surface area contributed by atoms with Gasteiger partial charge in [-0.2, -0.15) is 0 Å². The van der Waals surface area contributed by atoms with Crippen LogP contribution in [0, 0.1) is 0 Å². The minimum absolute atomic E-state index is 0.572. The van der Waals surface area contributed by atoms with Crippen molar-refractivity contribution in [3.63, 3.8) is 0 Å². The quantitative estimate of drug-likeness (QED) is 0.170. The summed E-state index contributed by atoms with van der Waals surface area (Å²) in [5.41, 5.74) is 22.1. The lowest BCUT2D eigenvalue weighted by molar-refractivity contribution is 0.670. The molecule has 2 heteroatoms. The first-order chi connectivity index (χ1) is 31.3. The second-order valence-corrected chi connectivity index (χ2v) is 17.0. The van der Waals surface area contributed by atoms with Crippen molar-refractivity contribution in [2.45, 2.75) is 5.41 Å². The molecule has 292 valence electrons. The lowest BCUT2D eigenvalue weighted by Crippen LogP contribution is -2.30. The molecule has 0 fully saturated rings. The number of furan rings is 1. The molecule has 1 spiro atoms. The highest BCUT2D eigenvalue weighted by molar-refractivity contribution is 6.14. The summed E-state index contributed by atoms with van der Waals surface area (Å²) in [6, 6.07) is 83.2. The van der Waals surface area contributed by atoms with Crippen LogP contribution in [0.1, 0.15) is 22.3 Å². The SMILES string of the molecule is c1ccc2c(c1)-c1ccccc1C1(c3ccccc3-c3ccccc31)c1ccccc1-c1cccc(-n3c4ccccc4c4cc(-c5cccc6c5oc5ccccc56)ccc43)c1-2. The van der Waals surface area contributed by atoms with Gasteiger partial charge in [0, 0.05) is 32.7 Å². The summed E-state index contributed by atoms with van der Waals surface area (Å²) >= 11 is 0. The Labute approximate surface area is 364 Å². The van der Waals surface area contributed by atoms with E-state index >= 15 is 0 Å². The Bertz CT molecular complexity index is 3830. The van der Waals surface area contributed by atoms with E-state index in [-0.39, 0.29) is 0 Å². The third-order valence-corrected chi connectivity index (χ3v) is 14.1. The molecule has 0 atom stereocenters. The number of benzene rings is 10. The number of para-hydroxylation sites is 3. The molecular weight excluding hydrogens is 763 g/mol. The number of nitrogens with zero attached hydrogens (tertiary/aromatic N) is 1. The minimum Gasteiger partial charge on any atom is -0.455 e. The maximum atomic E-state index is 6.56. The maximum absolute atomic E-state index is 6.56. The van der Waals surface area contributed by atoms with Crippen LogP contribution in [0.25, 0.3) is 105 Å². The average molecular weight is 800 g/mol. The molecule has 0 amide bonds. The Hall–Kier alpha value is -8.20. The van der Waals surface area contributed by atoms with Crippen LogP contribution in [-0.4, -0.2) is 4.57 Å². The standard InChI is InChI=1S/C61H37NO/c1-2-24-47-40(17-1)41-18-3-9-28-51(41)61(52-29-10-4-19-42(52)43-20-5-11-30-53(43)61)54-31-12-6-21-44(54)48-26-16-33-57(59(47)48)62-55-32-13-7-22-45(55)50-37-38(35-36-56(50)62)39-25-15-27-49-46-23-8-14-34-58(46)63-60(39)49/h1-37H. The summed E-state index contributed by atoms with van der Waals surface area (Å²) in [6.07, 6.45) is 0. The van der Waals surface area contributed by atoms with E-state index in [1.165, 1.54) is 83.1 Å². The van der Waals surface area contributed by atoms with Crippen molar-refractivity contribution in [1.29, 1.82) is 0 Å². The normalized spacial score (nSPS) is 13.2. The molecule has 0 bridgehead atoms. The summed E-state index contributed by atoms with van der Waals surface area (Å²) in [7, 11) is 0. The fraction of sp³-hybridized carbons (Fsp3) is 0.0164. The van der Waals surface area contributed by atoms with Crippen LogP contribution in [0.2, 0.25) is 0 Å². The number of fused-ring (bicyclic) bond motifs is 20. The molecule has 2 aliphatic carbocycles. The largest absolute Gasteiger partial charge is 0.455 e. The van der Waals surface area contributed by atoms with Gasteiger partial charge in [-0.3, -0.25) is 0 Å². The zero-order valence-electron chi connectivity index (χ0n) is 34.2. The summed E-state index contributed by atoms with van der Waals surface area (Å²) in [6.45, 7) is 0. The van der Waals surface area contributed by atoms with Gasteiger partial charge in [0.1, 0.15) is 11.2 Å². The van der Waals surface area contributed by atoms with Crippen LogP contribution in [0.4, 0.5) is 0 Å². The first-order valence-corrected chi connectivity index (χ1v) is 21.8. The zero-order valence-corrected chi connectivity index (χ0v) is 34.2. The topological polar surface area (TPSA) is 18.1 Å². The van der Waals surface area contributed by atoms with Crippen LogP contribution >= 0.6 is 0 Å². The molecule has 0 radical (unpaired) electrons. The summed E-state index contributed by atoms with van der Waals surface area (Å²) in [5, 5.41) is 4.69. The predicted molar refractivity (Wildman–Crippen MR) is 261 cm³/mol. The van der Waals surface area contributed by atoms with E-state index < -0.39 is 5.41 Å². The van der Waals surface area contributed by atoms with E-state index in [4.69, 9.17) is 4.42 Å². The molecule has 2 nitrogen and oxygen atoms in total. The van der Waals surface area contributed by atoms with E-state index in [2.05, 4.69) is 223 Å². The first-order valence-electron chi connectivity index (χ1n) is 21.8. The first kappa shape index (κ1) is 34.5. The van der Waals surface area contributed by atoms with Crippen molar-refractivity contribution in [3.05, 3.63) is 247 Å². The summed E-state index contributed by atoms with van der Waals surface area (Å²) < 4.78 is 9.07. The molecule has 2 aliphatic rings. The van der Waals surface area contributed by atoms with Gasteiger partial charge in [-0.25, -0.2) is 0 Å². The van der Waals surface area contributed by atoms with Crippen molar-refractivity contribution in [3.8, 4) is 61.3 Å². The average Bonchev–Trinajstić information content (AvgIpc) is 4.00. The third kappa shape index (κ3) is 4.57. The molecule has 12 aromatic rings. The molecule has 14 rings (SSSR count). The van der Waals surface area contributed by atoms with Crippen molar-refractivity contribution in [1.82, 2.24) is 4.57 Å². The molecule has 2 heterocycles. The lowest BCUT2D eigenvalue weighted by atomic mass is 9.64. The molecule has 0 unspecified atom stereocenters. The Kier molecular flexibility index (Phi) is 7.07. The highest BCUT2D eigenvalue weighted by atomic mass is 16.3. The highest BCUT2D eigenvalue weighted by Crippen LogP contribution is 2.61. The Morgan fingerprint density at radius 1 is 0.317 bits per heavy atom. The molecule has 2 aromatic heterocycles. The fourth-order valence-electron chi connectivity index (χ4n) is 11.6. The van der Waals surface area contributed by atoms with Crippen molar-refractivity contribution >= 4 is 43.7 Å². The van der Waals surface area contributed by atoms with Gasteiger partial charge in [-0.15, -0.1) is 0 Å². The van der Waals surface area contributed by atoms with Crippen LogP contribution in [-0.2, 0) is 5.41 Å². The molecule has 0 saturated carbocycles. The second-order valence-electron chi connectivity index (χ2n) is 17.0. The van der Waals surface area contributed by atoms with E-state index in [0.717, 1.165) is 44.3 Å². The van der Waals surface area contributed by atoms with E-state index in [0.29, 0.717) is 0 Å². The van der Waals surface area contributed by atoms with Gasteiger partial charge in [0.15, 0.2) is 0 Å². The Morgan fingerprint density at radius 2 is 0.794 bits per heavy atom. The van der Waals surface area contributed by atoms with Crippen LogP contribution in [0.3, 0.4) is 0 Å². The maximum Gasteiger partial charge on any atom is 0.143 e. The molecule has 0 saturated heterocycles. The van der Waals surface area contributed by atoms with E-state index in [9.17, 15) is 0 Å². The Morgan fingerprint density at radius 3 is 1.49 bits per heavy atom. The third-order valence-electron chi connectivity index (χ3n) is 14.1. The lowest BCUT2D eigenvalue weighted by Gasteiger charge is -2.36.